The summed E-state index contributed by atoms with van der Waals surface area (Å²) in [4.78, 5) is 15.4. The van der Waals surface area contributed by atoms with Crippen LogP contribution in [-0.4, -0.2) is 28.2 Å². The highest BCUT2D eigenvalue weighted by Gasteiger charge is 2.13. The van der Waals surface area contributed by atoms with Gasteiger partial charge in [0, 0.05) is 12.6 Å². The van der Waals surface area contributed by atoms with Gasteiger partial charge in [-0.1, -0.05) is 6.92 Å². The smallest absolute Gasteiger partial charge is 0.356 e. The van der Waals surface area contributed by atoms with E-state index in [1.165, 1.54) is 6.20 Å². The molecule has 2 N–H and O–H groups in total. The van der Waals surface area contributed by atoms with Gasteiger partial charge in [-0.3, -0.25) is 0 Å². The first kappa shape index (κ1) is 11.7. The topological polar surface area (TPSA) is 70.1 Å². The van der Waals surface area contributed by atoms with Crippen LogP contribution in [0.4, 0.5) is 0 Å². The Morgan fingerprint density at radius 1 is 1.67 bits per heavy atom. The van der Waals surface area contributed by atoms with Gasteiger partial charge in [0.25, 0.3) is 0 Å². The number of carbonyl (C=O) groups excluding carboxylic acids is 1. The predicted octanol–water partition coefficient (Wildman–Crippen LogP) is 0.797. The molecule has 1 rings (SSSR count). The number of ether oxygens (including phenoxy) is 1. The van der Waals surface area contributed by atoms with E-state index in [1.54, 1.807) is 17.8 Å². The fourth-order valence-electron chi connectivity index (χ4n) is 1.22. The summed E-state index contributed by atoms with van der Waals surface area (Å²) in [5, 5.41) is 0. The van der Waals surface area contributed by atoms with Gasteiger partial charge >= 0.3 is 5.97 Å². The molecule has 1 atom stereocenters. The highest BCUT2D eigenvalue weighted by atomic mass is 16.5. The number of hydrogen-bond acceptors (Lipinski definition) is 4. The number of esters is 1. The average Bonchev–Trinajstić information content (AvgIpc) is 2.66. The maximum Gasteiger partial charge on any atom is 0.356 e. The van der Waals surface area contributed by atoms with E-state index >= 15 is 0 Å². The summed E-state index contributed by atoms with van der Waals surface area (Å²) in [6, 6.07) is 0.0346. The lowest BCUT2D eigenvalue weighted by atomic mass is 10.2. The van der Waals surface area contributed by atoms with Gasteiger partial charge in [0.05, 0.1) is 19.1 Å². The molecule has 0 spiro atoms. The van der Waals surface area contributed by atoms with Crippen molar-refractivity contribution in [1.82, 2.24) is 9.55 Å². The SMILES string of the molecule is CCOC(=O)c1cncn1CC(N)CC. The monoisotopic (exact) mass is 211 g/mol. The second-order valence-corrected chi connectivity index (χ2v) is 3.32. The van der Waals surface area contributed by atoms with Gasteiger partial charge in [-0.2, -0.15) is 0 Å². The molecule has 0 bridgehead atoms. The number of hydrogen-bond donors (Lipinski definition) is 1. The minimum Gasteiger partial charge on any atom is -0.461 e. The van der Waals surface area contributed by atoms with Crippen molar-refractivity contribution in [3.05, 3.63) is 18.2 Å². The van der Waals surface area contributed by atoms with Crippen molar-refractivity contribution in [2.75, 3.05) is 6.61 Å². The standard InChI is InChI=1S/C10H17N3O2/c1-3-8(11)6-13-7-12-5-9(13)10(14)15-4-2/h5,7-8H,3-4,6,11H2,1-2H3. The molecule has 0 amide bonds. The van der Waals surface area contributed by atoms with Gasteiger partial charge in [-0.05, 0) is 13.3 Å². The Kier molecular flexibility index (Phi) is 4.30. The van der Waals surface area contributed by atoms with Crippen LogP contribution in [0.1, 0.15) is 30.8 Å². The van der Waals surface area contributed by atoms with Crippen LogP contribution in [0, 0.1) is 0 Å². The number of aromatic nitrogens is 2. The molecule has 1 aromatic heterocycles. The molecular weight excluding hydrogens is 194 g/mol. The molecule has 1 heterocycles. The van der Waals surface area contributed by atoms with Crippen molar-refractivity contribution in [3.8, 4) is 0 Å². The van der Waals surface area contributed by atoms with Gasteiger partial charge in [0.15, 0.2) is 0 Å². The van der Waals surface area contributed by atoms with Crippen LogP contribution in [0.25, 0.3) is 0 Å². The van der Waals surface area contributed by atoms with Crippen molar-refractivity contribution in [3.63, 3.8) is 0 Å². The summed E-state index contributed by atoms with van der Waals surface area (Å²) in [5.41, 5.74) is 6.27. The summed E-state index contributed by atoms with van der Waals surface area (Å²) >= 11 is 0. The Morgan fingerprint density at radius 2 is 2.40 bits per heavy atom. The van der Waals surface area contributed by atoms with E-state index in [1.807, 2.05) is 6.92 Å². The Labute approximate surface area is 89.2 Å². The lowest BCUT2D eigenvalue weighted by molar-refractivity contribution is 0.0513. The van der Waals surface area contributed by atoms with Gasteiger partial charge in [-0.25, -0.2) is 9.78 Å². The minimum atomic E-state index is -0.349. The summed E-state index contributed by atoms with van der Waals surface area (Å²) in [5.74, 6) is -0.349. The molecule has 5 nitrogen and oxygen atoms in total. The normalized spacial score (nSPS) is 12.5. The highest BCUT2D eigenvalue weighted by Crippen LogP contribution is 2.04. The Hall–Kier alpha value is -1.36. The highest BCUT2D eigenvalue weighted by molar-refractivity contribution is 5.87. The van der Waals surface area contributed by atoms with Crippen LogP contribution in [0.15, 0.2) is 12.5 Å². The third kappa shape index (κ3) is 3.06. The molecule has 0 saturated carbocycles. The van der Waals surface area contributed by atoms with Crippen LogP contribution in [0.5, 0.6) is 0 Å². The average molecular weight is 211 g/mol. The number of carbonyl (C=O) groups is 1. The van der Waals surface area contributed by atoms with Crippen molar-refractivity contribution >= 4 is 5.97 Å². The Balaban J connectivity index is 2.73. The first-order valence-corrected chi connectivity index (χ1v) is 5.11. The summed E-state index contributed by atoms with van der Waals surface area (Å²) in [6.45, 7) is 4.73. The molecule has 84 valence electrons. The van der Waals surface area contributed by atoms with Crippen molar-refractivity contribution in [1.29, 1.82) is 0 Å². The third-order valence-corrected chi connectivity index (χ3v) is 2.15. The summed E-state index contributed by atoms with van der Waals surface area (Å²) in [6.07, 6.45) is 3.96. The van der Waals surface area contributed by atoms with Crippen LogP contribution >= 0.6 is 0 Å². The van der Waals surface area contributed by atoms with E-state index < -0.39 is 0 Å². The second kappa shape index (κ2) is 5.50. The Morgan fingerprint density at radius 3 is 3.00 bits per heavy atom. The van der Waals surface area contributed by atoms with Crippen LogP contribution < -0.4 is 5.73 Å². The van der Waals surface area contributed by atoms with Crippen molar-refractivity contribution in [2.24, 2.45) is 5.73 Å². The molecule has 0 aliphatic heterocycles. The molecule has 1 aromatic rings. The predicted molar refractivity (Wildman–Crippen MR) is 56.4 cm³/mol. The van der Waals surface area contributed by atoms with Gasteiger partial charge in [0.2, 0.25) is 0 Å². The van der Waals surface area contributed by atoms with Crippen LogP contribution in [-0.2, 0) is 11.3 Å². The zero-order valence-corrected chi connectivity index (χ0v) is 9.14. The van der Waals surface area contributed by atoms with E-state index in [-0.39, 0.29) is 12.0 Å². The van der Waals surface area contributed by atoms with E-state index in [0.29, 0.717) is 18.8 Å². The number of nitrogens with zero attached hydrogens (tertiary/aromatic N) is 2. The zero-order chi connectivity index (χ0) is 11.3. The molecule has 5 heteroatoms. The minimum absolute atomic E-state index is 0.0346. The van der Waals surface area contributed by atoms with E-state index in [2.05, 4.69) is 4.98 Å². The van der Waals surface area contributed by atoms with Gasteiger partial charge in [0.1, 0.15) is 5.69 Å². The van der Waals surface area contributed by atoms with Crippen molar-refractivity contribution in [2.45, 2.75) is 32.9 Å². The largest absolute Gasteiger partial charge is 0.461 e. The molecule has 0 aromatic carbocycles. The maximum absolute atomic E-state index is 11.5. The quantitative estimate of drug-likeness (QED) is 0.731. The van der Waals surface area contributed by atoms with E-state index in [9.17, 15) is 4.79 Å². The molecule has 15 heavy (non-hydrogen) atoms. The maximum atomic E-state index is 11.5. The first-order chi connectivity index (χ1) is 7.19. The molecule has 0 saturated heterocycles. The molecule has 1 unspecified atom stereocenters. The lowest BCUT2D eigenvalue weighted by Gasteiger charge is -2.11. The summed E-state index contributed by atoms with van der Waals surface area (Å²) < 4.78 is 6.63. The number of imidazole rings is 1. The first-order valence-electron chi connectivity index (χ1n) is 5.11. The fraction of sp³-hybridized carbons (Fsp3) is 0.600. The fourth-order valence-corrected chi connectivity index (χ4v) is 1.22. The molecular formula is C10H17N3O2. The van der Waals surface area contributed by atoms with Crippen LogP contribution in [0.2, 0.25) is 0 Å². The molecule has 0 radical (unpaired) electrons. The van der Waals surface area contributed by atoms with Gasteiger partial charge in [-0.15, -0.1) is 0 Å². The zero-order valence-electron chi connectivity index (χ0n) is 9.14. The third-order valence-electron chi connectivity index (χ3n) is 2.15. The van der Waals surface area contributed by atoms with Crippen molar-refractivity contribution < 1.29 is 9.53 Å². The molecule has 0 aliphatic carbocycles. The number of nitrogens with two attached hydrogens (primary N) is 1. The second-order valence-electron chi connectivity index (χ2n) is 3.32. The summed E-state index contributed by atoms with van der Waals surface area (Å²) in [7, 11) is 0. The van der Waals surface area contributed by atoms with E-state index in [4.69, 9.17) is 10.5 Å². The van der Waals surface area contributed by atoms with E-state index in [0.717, 1.165) is 6.42 Å². The Bertz CT molecular complexity index is 322. The number of rotatable bonds is 5. The molecule has 0 aliphatic rings. The van der Waals surface area contributed by atoms with Crippen LogP contribution in [0.3, 0.4) is 0 Å². The van der Waals surface area contributed by atoms with Gasteiger partial charge < -0.3 is 15.0 Å². The lowest BCUT2D eigenvalue weighted by Crippen LogP contribution is -2.26. The molecule has 0 fully saturated rings.